The van der Waals surface area contributed by atoms with Crippen molar-refractivity contribution in [3.05, 3.63) is 89.5 Å². The van der Waals surface area contributed by atoms with Crippen molar-refractivity contribution in [1.82, 2.24) is 0 Å². The normalized spacial score (nSPS) is 20.7. The van der Waals surface area contributed by atoms with Crippen LogP contribution in [0.5, 0.6) is 0 Å². The van der Waals surface area contributed by atoms with Crippen LogP contribution in [-0.2, 0) is 15.0 Å². The molecule has 0 amide bonds. The van der Waals surface area contributed by atoms with Crippen molar-refractivity contribution in [3.63, 3.8) is 0 Å². The number of carbonyl (C=O) groups excluding carboxylic acids is 2. The molecule has 22 heavy (non-hydrogen) atoms. The molecular weight excluding hydrogens is 272 g/mol. The average molecular weight is 288 g/mol. The van der Waals surface area contributed by atoms with Gasteiger partial charge in [0.25, 0.3) is 0 Å². The molecule has 0 bridgehead atoms. The molecule has 2 heteroatoms. The molecule has 2 nitrogen and oxygen atoms in total. The van der Waals surface area contributed by atoms with Crippen LogP contribution in [0.15, 0.2) is 78.4 Å². The Hall–Kier alpha value is -2.74. The van der Waals surface area contributed by atoms with E-state index in [1.165, 1.54) is 0 Å². The third-order valence-corrected chi connectivity index (χ3v) is 4.16. The largest absolute Gasteiger partial charge is 0.302 e. The van der Waals surface area contributed by atoms with Crippen LogP contribution in [-0.4, -0.2) is 12.6 Å². The third-order valence-electron chi connectivity index (χ3n) is 4.16. The summed E-state index contributed by atoms with van der Waals surface area (Å²) in [5.41, 5.74) is 2.66. The van der Waals surface area contributed by atoms with Crippen molar-refractivity contribution in [2.24, 2.45) is 0 Å². The van der Waals surface area contributed by atoms with Crippen molar-refractivity contribution in [2.75, 3.05) is 0 Å². The molecule has 0 saturated carbocycles. The van der Waals surface area contributed by atoms with E-state index >= 15 is 0 Å². The maximum absolute atomic E-state index is 12.1. The number of rotatable bonds is 4. The second-order valence-electron chi connectivity index (χ2n) is 5.41. The van der Waals surface area contributed by atoms with Gasteiger partial charge in [0.1, 0.15) is 12.6 Å². The van der Waals surface area contributed by atoms with E-state index in [1.54, 1.807) is 0 Å². The molecular formula is C20H16O2. The zero-order chi connectivity index (χ0) is 15.4. The fourth-order valence-electron chi connectivity index (χ4n) is 2.97. The van der Waals surface area contributed by atoms with Crippen LogP contribution in [0.2, 0.25) is 0 Å². The fraction of sp³-hybridized carbons (Fsp3) is 0.100. The maximum atomic E-state index is 12.1. The molecule has 0 radical (unpaired) electrons. The molecule has 0 aromatic heterocycles. The van der Waals surface area contributed by atoms with Gasteiger partial charge in [0, 0.05) is 5.57 Å². The Morgan fingerprint density at radius 2 is 1.50 bits per heavy atom. The maximum Gasteiger partial charge on any atom is 0.149 e. The molecule has 1 aliphatic carbocycles. The van der Waals surface area contributed by atoms with Gasteiger partial charge in [0.15, 0.2) is 0 Å². The highest BCUT2D eigenvalue weighted by Gasteiger charge is 2.37. The first-order valence-electron chi connectivity index (χ1n) is 7.25. The summed E-state index contributed by atoms with van der Waals surface area (Å²) in [6, 6.07) is 19.5. The summed E-state index contributed by atoms with van der Waals surface area (Å²) in [5, 5.41) is 0. The molecule has 0 N–H and O–H groups in total. The zero-order valence-corrected chi connectivity index (χ0v) is 12.1. The van der Waals surface area contributed by atoms with Gasteiger partial charge in [-0.15, -0.1) is 0 Å². The number of hydrogen-bond donors (Lipinski definition) is 0. The Morgan fingerprint density at radius 3 is 2.09 bits per heavy atom. The lowest BCUT2D eigenvalue weighted by atomic mass is 9.67. The topological polar surface area (TPSA) is 34.1 Å². The summed E-state index contributed by atoms with van der Waals surface area (Å²) in [5.74, 6) is 0. The second-order valence-corrected chi connectivity index (χ2v) is 5.41. The van der Waals surface area contributed by atoms with Gasteiger partial charge >= 0.3 is 0 Å². The smallest absolute Gasteiger partial charge is 0.149 e. The van der Waals surface area contributed by atoms with Crippen LogP contribution in [0, 0.1) is 0 Å². The van der Waals surface area contributed by atoms with Crippen molar-refractivity contribution in [3.8, 4) is 0 Å². The van der Waals surface area contributed by atoms with Gasteiger partial charge < -0.3 is 4.79 Å². The minimum absolute atomic E-state index is 0.495. The van der Waals surface area contributed by atoms with E-state index in [2.05, 4.69) is 0 Å². The molecule has 3 rings (SSSR count). The Balaban J connectivity index is 2.22. The van der Waals surface area contributed by atoms with Gasteiger partial charge in [-0.1, -0.05) is 66.7 Å². The minimum atomic E-state index is -0.741. The average Bonchev–Trinajstić information content (AvgIpc) is 2.62. The summed E-state index contributed by atoms with van der Waals surface area (Å²) in [6.07, 6.45) is 5.99. The second kappa shape index (κ2) is 5.94. The predicted molar refractivity (Wildman–Crippen MR) is 87.4 cm³/mol. The van der Waals surface area contributed by atoms with Crippen LogP contribution in [0.4, 0.5) is 0 Å². The van der Waals surface area contributed by atoms with Crippen LogP contribution in [0.1, 0.15) is 17.5 Å². The Kier molecular flexibility index (Phi) is 3.84. The van der Waals surface area contributed by atoms with E-state index in [1.807, 2.05) is 72.8 Å². The highest BCUT2D eigenvalue weighted by molar-refractivity contribution is 5.97. The van der Waals surface area contributed by atoms with E-state index in [9.17, 15) is 9.59 Å². The number of carbonyl (C=O) groups is 2. The van der Waals surface area contributed by atoms with E-state index in [0.717, 1.165) is 29.3 Å². The van der Waals surface area contributed by atoms with Gasteiger partial charge in [-0.3, -0.25) is 4.79 Å². The van der Waals surface area contributed by atoms with Crippen LogP contribution in [0.3, 0.4) is 0 Å². The monoisotopic (exact) mass is 288 g/mol. The molecule has 108 valence electrons. The van der Waals surface area contributed by atoms with Crippen molar-refractivity contribution in [2.45, 2.75) is 11.8 Å². The molecule has 2 aromatic carbocycles. The molecule has 1 atom stereocenters. The molecule has 1 unspecified atom stereocenters. The highest BCUT2D eigenvalue weighted by atomic mass is 16.1. The van der Waals surface area contributed by atoms with E-state index in [-0.39, 0.29) is 0 Å². The quantitative estimate of drug-likeness (QED) is 0.803. The van der Waals surface area contributed by atoms with Gasteiger partial charge in [0.05, 0.1) is 5.41 Å². The number of allylic oxidation sites excluding steroid dienone is 4. The van der Waals surface area contributed by atoms with Crippen LogP contribution < -0.4 is 0 Å². The van der Waals surface area contributed by atoms with E-state index in [0.29, 0.717) is 12.0 Å². The Morgan fingerprint density at radius 1 is 0.864 bits per heavy atom. The molecule has 0 saturated heterocycles. The van der Waals surface area contributed by atoms with Gasteiger partial charge in [-0.25, -0.2) is 0 Å². The van der Waals surface area contributed by atoms with Crippen molar-refractivity contribution < 1.29 is 9.59 Å². The first-order chi connectivity index (χ1) is 10.8. The molecule has 0 spiro atoms. The van der Waals surface area contributed by atoms with Crippen LogP contribution in [0.25, 0.3) is 5.57 Å². The molecule has 2 aromatic rings. The lowest BCUT2D eigenvalue weighted by molar-refractivity contribution is -0.111. The summed E-state index contributed by atoms with van der Waals surface area (Å²) in [4.78, 5) is 23.3. The summed E-state index contributed by atoms with van der Waals surface area (Å²) < 4.78 is 0. The molecule has 1 aliphatic rings. The zero-order valence-electron chi connectivity index (χ0n) is 12.1. The standard InChI is InChI=1S/C20H16O2/c21-14-16-11-12-20(15-22,18-9-5-2-6-10-18)19(13-16)17-7-3-1-4-8-17/h1-11,13-15H,12H2. The summed E-state index contributed by atoms with van der Waals surface area (Å²) in [7, 11) is 0. The fourth-order valence-corrected chi connectivity index (χ4v) is 2.97. The van der Waals surface area contributed by atoms with E-state index < -0.39 is 5.41 Å². The third kappa shape index (κ3) is 2.33. The van der Waals surface area contributed by atoms with Crippen LogP contribution >= 0.6 is 0 Å². The summed E-state index contributed by atoms with van der Waals surface area (Å²) in [6.45, 7) is 0. The Bertz CT molecular complexity index is 742. The lowest BCUT2D eigenvalue weighted by Gasteiger charge is -2.33. The molecule has 0 heterocycles. The first-order valence-corrected chi connectivity index (χ1v) is 7.25. The van der Waals surface area contributed by atoms with Gasteiger partial charge in [0.2, 0.25) is 0 Å². The van der Waals surface area contributed by atoms with E-state index in [4.69, 9.17) is 0 Å². The number of benzene rings is 2. The number of aldehydes is 2. The molecule has 0 fully saturated rings. The lowest BCUT2D eigenvalue weighted by Crippen LogP contribution is -2.31. The number of hydrogen-bond acceptors (Lipinski definition) is 2. The van der Waals surface area contributed by atoms with Gasteiger partial charge in [-0.2, -0.15) is 0 Å². The minimum Gasteiger partial charge on any atom is -0.302 e. The van der Waals surface area contributed by atoms with Crippen molar-refractivity contribution >= 4 is 18.1 Å². The predicted octanol–water partition coefficient (Wildman–Crippen LogP) is 3.74. The van der Waals surface area contributed by atoms with Crippen molar-refractivity contribution in [1.29, 1.82) is 0 Å². The van der Waals surface area contributed by atoms with Gasteiger partial charge in [-0.05, 0) is 29.2 Å². The summed E-state index contributed by atoms with van der Waals surface area (Å²) >= 11 is 0. The Labute approximate surface area is 129 Å². The highest BCUT2D eigenvalue weighted by Crippen LogP contribution is 2.43. The SMILES string of the molecule is O=CC1=CCC(C=O)(c2ccccc2)C(c2ccccc2)=C1. The first kappa shape index (κ1) is 14.2. The molecule has 0 aliphatic heterocycles.